The van der Waals surface area contributed by atoms with E-state index >= 15 is 0 Å². The predicted molar refractivity (Wildman–Crippen MR) is 141 cm³/mol. The number of hydrogen-bond donors (Lipinski definition) is 1. The van der Waals surface area contributed by atoms with E-state index in [9.17, 15) is 29.8 Å². The molecule has 1 N–H and O–H groups in total. The zero-order valence-corrected chi connectivity index (χ0v) is 23.2. The highest BCUT2D eigenvalue weighted by Crippen LogP contribution is 2.41. The third-order valence-corrected chi connectivity index (χ3v) is 7.22. The molecule has 14 nitrogen and oxygen atoms in total. The standard InChI is InChI=1S/C26H29ClN4O10/c1-13(2)8-20(29-25(32)16-9-21(40-30(34)35)22(10-16)41-31(36)37)26(33)39-23-14(3)28-11-18-19(23)12-38-24(18)15-4-6-17(27)7-5-15/h4-7,11,13,16,20-22,24H,8-10,12H2,1-3H3,(H,29,32)/t16?,20-,21-,22+,24-/m1/s1. The second kappa shape index (κ2) is 12.6. The van der Waals surface area contributed by atoms with Gasteiger partial charge in [0.1, 0.15) is 24.4 Å². The fourth-order valence-corrected chi connectivity index (χ4v) is 5.22. The fraction of sp³-hybridized carbons (Fsp3) is 0.500. The van der Waals surface area contributed by atoms with Crippen molar-refractivity contribution in [3.8, 4) is 5.75 Å². The molecular formula is C26H29ClN4O10. The first-order chi connectivity index (χ1) is 19.4. The first kappa shape index (κ1) is 29.9. The Balaban J connectivity index is 1.50. The molecule has 5 atom stereocenters. The lowest BCUT2D eigenvalue weighted by molar-refractivity contribution is -0.797. The highest BCUT2D eigenvalue weighted by Gasteiger charge is 2.43. The molecule has 220 valence electrons. The van der Waals surface area contributed by atoms with Crippen LogP contribution in [0.2, 0.25) is 5.02 Å². The van der Waals surface area contributed by atoms with E-state index in [2.05, 4.69) is 20.0 Å². The van der Waals surface area contributed by atoms with Crippen molar-refractivity contribution in [1.82, 2.24) is 10.3 Å². The first-order valence-electron chi connectivity index (χ1n) is 12.9. The van der Waals surface area contributed by atoms with Crippen LogP contribution in [0.15, 0.2) is 30.5 Å². The summed E-state index contributed by atoms with van der Waals surface area (Å²) >= 11 is 6.01. The van der Waals surface area contributed by atoms with Gasteiger partial charge in [0.05, 0.1) is 12.3 Å². The molecule has 4 rings (SSSR count). The first-order valence-corrected chi connectivity index (χ1v) is 13.3. The quantitative estimate of drug-likeness (QED) is 0.228. The summed E-state index contributed by atoms with van der Waals surface area (Å²) in [6.45, 7) is 5.59. The number of carbonyl (C=O) groups is 2. The van der Waals surface area contributed by atoms with Crippen LogP contribution < -0.4 is 10.1 Å². The van der Waals surface area contributed by atoms with E-state index < -0.39 is 52.3 Å². The van der Waals surface area contributed by atoms with Crippen LogP contribution in [-0.4, -0.2) is 45.3 Å². The Morgan fingerprint density at radius 1 is 1.12 bits per heavy atom. The number of rotatable bonds is 11. The molecule has 0 spiro atoms. The lowest BCUT2D eigenvalue weighted by Crippen LogP contribution is -2.46. The van der Waals surface area contributed by atoms with Gasteiger partial charge in [-0.05, 0) is 49.8 Å². The van der Waals surface area contributed by atoms with Gasteiger partial charge in [0.2, 0.25) is 5.91 Å². The molecule has 1 fully saturated rings. The van der Waals surface area contributed by atoms with Gasteiger partial charge >= 0.3 is 5.97 Å². The number of pyridine rings is 1. The highest BCUT2D eigenvalue weighted by atomic mass is 35.5. The van der Waals surface area contributed by atoms with E-state index in [0.717, 1.165) is 11.1 Å². The van der Waals surface area contributed by atoms with Gasteiger partial charge in [-0.1, -0.05) is 37.6 Å². The van der Waals surface area contributed by atoms with Gasteiger partial charge in [-0.3, -0.25) is 9.78 Å². The minimum atomic E-state index is -1.31. The topological polar surface area (TPSA) is 182 Å². The smallest absolute Gasteiger partial charge is 0.334 e. The van der Waals surface area contributed by atoms with Crippen molar-refractivity contribution in [2.45, 2.75) is 71.0 Å². The van der Waals surface area contributed by atoms with Crippen LogP contribution in [0.25, 0.3) is 0 Å². The Kier molecular flexibility index (Phi) is 9.23. The van der Waals surface area contributed by atoms with Crippen molar-refractivity contribution in [3.63, 3.8) is 0 Å². The Labute approximate surface area is 239 Å². The van der Waals surface area contributed by atoms with E-state index in [1.54, 1.807) is 25.3 Å². The maximum Gasteiger partial charge on any atom is 0.334 e. The van der Waals surface area contributed by atoms with Gasteiger partial charge in [0.15, 0.2) is 5.75 Å². The van der Waals surface area contributed by atoms with E-state index in [1.165, 1.54) is 0 Å². The largest absolute Gasteiger partial charge is 0.423 e. The molecule has 1 aromatic heterocycles. The normalized spacial score (nSPS) is 22.1. The molecule has 2 aliphatic rings. The monoisotopic (exact) mass is 592 g/mol. The van der Waals surface area contributed by atoms with Gasteiger partial charge in [-0.25, -0.2) is 4.79 Å². The average molecular weight is 593 g/mol. The van der Waals surface area contributed by atoms with Crippen LogP contribution in [0.3, 0.4) is 0 Å². The van der Waals surface area contributed by atoms with Crippen LogP contribution in [0, 0.1) is 39.0 Å². The molecule has 2 heterocycles. The molecule has 1 aliphatic heterocycles. The van der Waals surface area contributed by atoms with Gasteiger partial charge < -0.3 is 24.5 Å². The number of carbonyl (C=O) groups excluding carboxylic acids is 2. The van der Waals surface area contributed by atoms with Gasteiger partial charge in [0.25, 0.3) is 10.2 Å². The fourth-order valence-electron chi connectivity index (χ4n) is 5.10. The van der Waals surface area contributed by atoms with Crippen molar-refractivity contribution in [1.29, 1.82) is 0 Å². The van der Waals surface area contributed by atoms with E-state index in [1.807, 2.05) is 26.0 Å². The zero-order valence-electron chi connectivity index (χ0n) is 22.5. The van der Waals surface area contributed by atoms with Crippen molar-refractivity contribution >= 4 is 23.5 Å². The maximum absolute atomic E-state index is 13.4. The second-order valence-corrected chi connectivity index (χ2v) is 10.8. The summed E-state index contributed by atoms with van der Waals surface area (Å²) in [6, 6.07) is 6.11. The Hall–Kier alpha value is -4.04. The van der Waals surface area contributed by atoms with Gasteiger partial charge in [0, 0.05) is 28.3 Å². The van der Waals surface area contributed by atoms with Crippen molar-refractivity contribution in [2.24, 2.45) is 11.8 Å². The molecule has 1 saturated carbocycles. The summed E-state index contributed by atoms with van der Waals surface area (Å²) in [5, 5.41) is 22.7. The Morgan fingerprint density at radius 2 is 1.73 bits per heavy atom. The van der Waals surface area contributed by atoms with Crippen molar-refractivity contribution < 1.29 is 38.9 Å². The maximum atomic E-state index is 13.4. The third kappa shape index (κ3) is 7.19. The van der Waals surface area contributed by atoms with Gasteiger partial charge in [-0.2, -0.15) is 0 Å². The van der Waals surface area contributed by atoms with E-state index in [4.69, 9.17) is 21.1 Å². The summed E-state index contributed by atoms with van der Waals surface area (Å²) in [7, 11) is 0. The molecule has 1 aromatic carbocycles. The minimum Gasteiger partial charge on any atom is -0.423 e. The Morgan fingerprint density at radius 3 is 2.29 bits per heavy atom. The lowest BCUT2D eigenvalue weighted by atomic mass is 10.00. The number of nitrogens with zero attached hydrogens (tertiary/aromatic N) is 3. The van der Waals surface area contributed by atoms with E-state index in [0.29, 0.717) is 16.3 Å². The average Bonchev–Trinajstić information content (AvgIpc) is 3.49. The minimum absolute atomic E-state index is 0.0223. The number of nitrogens with one attached hydrogen (secondary N) is 1. The molecule has 41 heavy (non-hydrogen) atoms. The molecule has 2 aromatic rings. The number of amides is 1. The molecule has 1 amide bonds. The molecule has 1 unspecified atom stereocenters. The molecular weight excluding hydrogens is 564 g/mol. The van der Waals surface area contributed by atoms with Crippen LogP contribution in [0.1, 0.15) is 61.6 Å². The zero-order chi connectivity index (χ0) is 29.8. The molecule has 0 radical (unpaired) electrons. The molecule has 0 bridgehead atoms. The van der Waals surface area contributed by atoms with Crippen LogP contribution in [-0.2, 0) is 30.6 Å². The number of hydrogen-bond acceptors (Lipinski definition) is 11. The SMILES string of the molecule is Cc1ncc2c(c1OC(=O)[C@@H](CC(C)C)NC(=O)C1C[C@H](O[N+](=O)[O-])[C@H](O[N+](=O)[O-])C1)CO[C@@H]2c1ccc(Cl)cc1. The van der Waals surface area contributed by atoms with Crippen molar-refractivity contribution in [2.75, 3.05) is 0 Å². The lowest BCUT2D eigenvalue weighted by Gasteiger charge is -2.22. The summed E-state index contributed by atoms with van der Waals surface area (Å²) in [4.78, 5) is 61.6. The number of ether oxygens (including phenoxy) is 2. The number of benzene rings is 1. The van der Waals surface area contributed by atoms with Crippen LogP contribution in [0.5, 0.6) is 5.75 Å². The van der Waals surface area contributed by atoms with Crippen molar-refractivity contribution in [3.05, 3.63) is 78.1 Å². The summed E-state index contributed by atoms with van der Waals surface area (Å²) < 4.78 is 11.8. The van der Waals surface area contributed by atoms with E-state index in [-0.39, 0.29) is 37.5 Å². The number of aromatic nitrogens is 1. The van der Waals surface area contributed by atoms with Gasteiger partial charge in [-0.15, -0.1) is 20.2 Å². The highest BCUT2D eigenvalue weighted by molar-refractivity contribution is 6.30. The number of aryl methyl sites for hydroxylation is 1. The summed E-state index contributed by atoms with van der Waals surface area (Å²) in [5.41, 5.74) is 2.72. The molecule has 0 saturated heterocycles. The summed E-state index contributed by atoms with van der Waals surface area (Å²) in [6.07, 6.45) is -1.54. The number of fused-ring (bicyclic) bond motifs is 1. The van der Waals surface area contributed by atoms with Crippen LogP contribution >= 0.6 is 11.6 Å². The molecule has 1 aliphatic carbocycles. The molecule has 15 heteroatoms. The van der Waals surface area contributed by atoms with Crippen LogP contribution in [0.4, 0.5) is 0 Å². The Bertz CT molecular complexity index is 1300. The number of halogens is 1. The summed E-state index contributed by atoms with van der Waals surface area (Å²) in [5.74, 6) is -2.06. The second-order valence-electron chi connectivity index (χ2n) is 10.4. The number of esters is 1. The third-order valence-electron chi connectivity index (χ3n) is 6.97. The predicted octanol–water partition coefficient (Wildman–Crippen LogP) is 3.66.